The molecule has 0 radical (unpaired) electrons. The highest BCUT2D eigenvalue weighted by Crippen LogP contribution is 2.26. The number of aryl methyl sites for hydroxylation is 1. The lowest BCUT2D eigenvalue weighted by Gasteiger charge is -2.38. The summed E-state index contributed by atoms with van der Waals surface area (Å²) in [7, 11) is 2.08. The molecule has 2 heterocycles. The van der Waals surface area contributed by atoms with Gasteiger partial charge in [0.1, 0.15) is 5.82 Å². The van der Waals surface area contributed by atoms with E-state index in [0.717, 1.165) is 24.7 Å². The fraction of sp³-hybridized carbons (Fsp3) is 0.636. The van der Waals surface area contributed by atoms with Gasteiger partial charge in [-0.25, -0.2) is 9.97 Å². The van der Waals surface area contributed by atoms with Gasteiger partial charge in [-0.15, -0.1) is 0 Å². The number of ether oxygens (including phenoxy) is 1. The van der Waals surface area contributed by atoms with Crippen molar-refractivity contribution in [3.63, 3.8) is 0 Å². The maximum absolute atomic E-state index is 5.74. The van der Waals surface area contributed by atoms with E-state index in [1.165, 1.54) is 0 Å². The number of nitrogens with zero attached hydrogens (tertiary/aromatic N) is 3. The Morgan fingerprint density at radius 2 is 2.44 bits per heavy atom. The zero-order valence-electron chi connectivity index (χ0n) is 9.76. The molecule has 0 aliphatic carbocycles. The minimum atomic E-state index is 0.0213. The van der Waals surface area contributed by atoms with E-state index < -0.39 is 0 Å². The lowest BCUT2D eigenvalue weighted by atomic mass is 10.0. The molecule has 0 bridgehead atoms. The number of likely N-dealkylation sites (N-methyl/N-ethyl adjacent to an activating group) is 1. The monoisotopic (exact) mass is 222 g/mol. The van der Waals surface area contributed by atoms with Gasteiger partial charge in [0, 0.05) is 19.3 Å². The van der Waals surface area contributed by atoms with Gasteiger partial charge in [-0.3, -0.25) is 4.90 Å². The average Bonchev–Trinajstić information content (AvgIpc) is 2.28. The molecule has 0 spiro atoms. The molecular formula is C11H18N4O. The molecule has 16 heavy (non-hydrogen) atoms. The van der Waals surface area contributed by atoms with Crippen LogP contribution in [0.3, 0.4) is 0 Å². The molecule has 2 atom stereocenters. The summed E-state index contributed by atoms with van der Waals surface area (Å²) in [6, 6.07) is 2.08. The fourth-order valence-electron chi connectivity index (χ4n) is 2.11. The van der Waals surface area contributed by atoms with Crippen LogP contribution in [0.1, 0.15) is 17.6 Å². The van der Waals surface area contributed by atoms with Gasteiger partial charge in [0.05, 0.1) is 24.4 Å². The van der Waals surface area contributed by atoms with Crippen LogP contribution < -0.4 is 5.73 Å². The second-order valence-electron chi connectivity index (χ2n) is 4.10. The first kappa shape index (κ1) is 11.4. The average molecular weight is 222 g/mol. The predicted octanol–water partition coefficient (Wildman–Crippen LogP) is 0.115. The molecule has 2 N–H and O–H groups in total. The largest absolute Gasteiger partial charge is 0.374 e. The quantitative estimate of drug-likeness (QED) is 0.769. The number of rotatable bonds is 2. The molecule has 1 aromatic rings. The molecule has 0 saturated carbocycles. The summed E-state index contributed by atoms with van der Waals surface area (Å²) in [6.07, 6.45) is 1.81. The summed E-state index contributed by atoms with van der Waals surface area (Å²) in [5.41, 5.74) is 6.73. The molecule has 1 aliphatic rings. The topological polar surface area (TPSA) is 64.3 Å². The van der Waals surface area contributed by atoms with Crippen LogP contribution in [0.5, 0.6) is 0 Å². The number of aromatic nitrogens is 2. The zero-order valence-corrected chi connectivity index (χ0v) is 9.76. The number of morpholine rings is 1. The standard InChI is InChI=1S/C11H18N4O/c1-8-13-4-3-9(14-8)11-10(7-12)16-6-5-15(11)2/h3-4,10-11H,5-7,12H2,1-2H3. The molecule has 0 aromatic carbocycles. The van der Waals surface area contributed by atoms with Gasteiger partial charge in [-0.05, 0) is 20.0 Å². The summed E-state index contributed by atoms with van der Waals surface area (Å²) in [5, 5.41) is 0. The van der Waals surface area contributed by atoms with Crippen molar-refractivity contribution in [1.82, 2.24) is 14.9 Å². The van der Waals surface area contributed by atoms with Crippen molar-refractivity contribution in [3.8, 4) is 0 Å². The van der Waals surface area contributed by atoms with Crippen molar-refractivity contribution in [2.45, 2.75) is 19.1 Å². The first-order valence-electron chi connectivity index (χ1n) is 5.54. The van der Waals surface area contributed by atoms with E-state index in [1.807, 2.05) is 13.0 Å². The summed E-state index contributed by atoms with van der Waals surface area (Å²) in [6.45, 7) is 4.05. The highest BCUT2D eigenvalue weighted by molar-refractivity contribution is 5.10. The van der Waals surface area contributed by atoms with Gasteiger partial charge in [0.2, 0.25) is 0 Å². The first-order chi connectivity index (χ1) is 7.72. The Labute approximate surface area is 95.6 Å². The summed E-state index contributed by atoms with van der Waals surface area (Å²) >= 11 is 0. The van der Waals surface area contributed by atoms with Gasteiger partial charge < -0.3 is 10.5 Å². The summed E-state index contributed by atoms with van der Waals surface area (Å²) in [4.78, 5) is 10.8. The van der Waals surface area contributed by atoms with Crippen LogP contribution >= 0.6 is 0 Å². The van der Waals surface area contributed by atoms with E-state index in [9.17, 15) is 0 Å². The van der Waals surface area contributed by atoms with Crippen LogP contribution in [0.25, 0.3) is 0 Å². The Morgan fingerprint density at radius 1 is 1.62 bits per heavy atom. The maximum atomic E-state index is 5.74. The first-order valence-corrected chi connectivity index (χ1v) is 5.54. The molecule has 5 heteroatoms. The van der Waals surface area contributed by atoms with E-state index in [1.54, 1.807) is 6.20 Å². The fourth-order valence-corrected chi connectivity index (χ4v) is 2.11. The lowest BCUT2D eigenvalue weighted by Crippen LogP contribution is -2.46. The second-order valence-corrected chi connectivity index (χ2v) is 4.10. The molecule has 1 fully saturated rings. The van der Waals surface area contributed by atoms with E-state index in [4.69, 9.17) is 10.5 Å². The SMILES string of the molecule is Cc1nccc(C2C(CN)OCCN2C)n1. The molecule has 1 aliphatic heterocycles. The van der Waals surface area contributed by atoms with Crippen molar-refractivity contribution in [2.24, 2.45) is 5.73 Å². The van der Waals surface area contributed by atoms with E-state index in [2.05, 4.69) is 21.9 Å². The minimum Gasteiger partial charge on any atom is -0.374 e. The highest BCUT2D eigenvalue weighted by Gasteiger charge is 2.31. The summed E-state index contributed by atoms with van der Waals surface area (Å²) in [5.74, 6) is 0.784. The third-order valence-electron chi connectivity index (χ3n) is 2.94. The number of hydrogen-bond donors (Lipinski definition) is 1. The molecule has 1 aromatic heterocycles. The number of nitrogens with two attached hydrogens (primary N) is 1. The van der Waals surface area contributed by atoms with Crippen molar-refractivity contribution >= 4 is 0 Å². The van der Waals surface area contributed by atoms with E-state index >= 15 is 0 Å². The Bertz CT molecular complexity index is 358. The van der Waals surface area contributed by atoms with Gasteiger partial charge in [0.25, 0.3) is 0 Å². The number of hydrogen-bond acceptors (Lipinski definition) is 5. The van der Waals surface area contributed by atoms with Crippen LogP contribution in [-0.2, 0) is 4.74 Å². The molecule has 2 unspecified atom stereocenters. The second kappa shape index (κ2) is 4.86. The van der Waals surface area contributed by atoms with E-state index in [0.29, 0.717) is 6.54 Å². The van der Waals surface area contributed by atoms with Gasteiger partial charge in [-0.1, -0.05) is 0 Å². The van der Waals surface area contributed by atoms with Crippen molar-refractivity contribution in [1.29, 1.82) is 0 Å². The Morgan fingerprint density at radius 3 is 3.12 bits per heavy atom. The van der Waals surface area contributed by atoms with Crippen molar-refractivity contribution in [2.75, 3.05) is 26.7 Å². The van der Waals surface area contributed by atoms with Crippen LogP contribution in [0, 0.1) is 6.92 Å². The third-order valence-corrected chi connectivity index (χ3v) is 2.94. The van der Waals surface area contributed by atoms with Gasteiger partial charge >= 0.3 is 0 Å². The molecule has 0 amide bonds. The molecule has 2 rings (SSSR count). The Hall–Kier alpha value is -1.04. The molecule has 5 nitrogen and oxygen atoms in total. The Balaban J connectivity index is 2.28. The smallest absolute Gasteiger partial charge is 0.125 e. The normalized spacial score (nSPS) is 26.9. The van der Waals surface area contributed by atoms with Crippen molar-refractivity contribution < 1.29 is 4.74 Å². The van der Waals surface area contributed by atoms with Gasteiger partial charge in [-0.2, -0.15) is 0 Å². The van der Waals surface area contributed by atoms with Crippen LogP contribution in [0.2, 0.25) is 0 Å². The third kappa shape index (κ3) is 2.21. The van der Waals surface area contributed by atoms with Gasteiger partial charge in [0.15, 0.2) is 0 Å². The minimum absolute atomic E-state index is 0.0213. The predicted molar refractivity (Wildman–Crippen MR) is 60.9 cm³/mol. The Kier molecular flexibility index (Phi) is 3.48. The van der Waals surface area contributed by atoms with Crippen LogP contribution in [0.15, 0.2) is 12.3 Å². The maximum Gasteiger partial charge on any atom is 0.125 e. The van der Waals surface area contributed by atoms with Crippen LogP contribution in [-0.4, -0.2) is 47.7 Å². The highest BCUT2D eigenvalue weighted by atomic mass is 16.5. The molecular weight excluding hydrogens is 204 g/mol. The molecule has 88 valence electrons. The van der Waals surface area contributed by atoms with Crippen LogP contribution in [0.4, 0.5) is 0 Å². The van der Waals surface area contributed by atoms with Crippen molar-refractivity contribution in [3.05, 3.63) is 23.8 Å². The zero-order chi connectivity index (χ0) is 11.5. The lowest BCUT2D eigenvalue weighted by molar-refractivity contribution is -0.0590. The summed E-state index contributed by atoms with van der Waals surface area (Å²) < 4.78 is 5.68. The van der Waals surface area contributed by atoms with E-state index in [-0.39, 0.29) is 12.1 Å². The molecule has 1 saturated heterocycles.